The minimum Gasteiger partial charge on any atom is -0.508 e. The molecule has 0 atom stereocenters. The fraction of sp³-hybridized carbons (Fsp3) is 0.0769. The number of hydrogen-bond donors (Lipinski definition) is 1. The highest BCUT2D eigenvalue weighted by Gasteiger charge is 2.10. The van der Waals surface area contributed by atoms with Crippen molar-refractivity contribution in [1.82, 2.24) is 20.1 Å². The van der Waals surface area contributed by atoms with E-state index in [2.05, 4.69) is 20.1 Å². The lowest BCUT2D eigenvalue weighted by Crippen LogP contribution is -1.90. The second-order valence-corrected chi connectivity index (χ2v) is 3.93. The summed E-state index contributed by atoms with van der Waals surface area (Å²) < 4.78 is 5.15. The molecule has 0 bridgehead atoms. The molecule has 0 radical (unpaired) electrons. The molecule has 0 saturated heterocycles. The second kappa shape index (κ2) is 4.85. The Morgan fingerprint density at radius 3 is 2.47 bits per heavy atom. The van der Waals surface area contributed by atoms with E-state index in [4.69, 9.17) is 4.52 Å². The van der Waals surface area contributed by atoms with Crippen molar-refractivity contribution in [3.05, 3.63) is 54.2 Å². The van der Waals surface area contributed by atoms with Gasteiger partial charge in [-0.15, -0.1) is 0 Å². The van der Waals surface area contributed by atoms with Crippen LogP contribution in [-0.2, 0) is 6.42 Å². The van der Waals surface area contributed by atoms with E-state index in [1.54, 1.807) is 42.7 Å². The van der Waals surface area contributed by atoms with Gasteiger partial charge in [0.1, 0.15) is 5.75 Å². The predicted octanol–water partition coefficient (Wildman–Crippen LogP) is 1.82. The van der Waals surface area contributed by atoms with Crippen LogP contribution >= 0.6 is 0 Å². The van der Waals surface area contributed by atoms with Crippen LogP contribution in [0.4, 0.5) is 0 Å². The van der Waals surface area contributed by atoms with Gasteiger partial charge >= 0.3 is 0 Å². The van der Waals surface area contributed by atoms with Crippen LogP contribution in [0.1, 0.15) is 11.5 Å². The molecule has 1 N–H and O–H groups in total. The molecule has 0 spiro atoms. The van der Waals surface area contributed by atoms with E-state index < -0.39 is 0 Å². The van der Waals surface area contributed by atoms with Crippen LogP contribution < -0.4 is 0 Å². The van der Waals surface area contributed by atoms with Crippen LogP contribution in [-0.4, -0.2) is 25.2 Å². The van der Waals surface area contributed by atoms with Crippen molar-refractivity contribution >= 4 is 0 Å². The molecule has 2 aromatic heterocycles. The van der Waals surface area contributed by atoms with Crippen LogP contribution in [0.5, 0.6) is 5.75 Å². The molecule has 3 aromatic rings. The summed E-state index contributed by atoms with van der Waals surface area (Å²) in [4.78, 5) is 12.3. The molecule has 0 fully saturated rings. The zero-order valence-corrected chi connectivity index (χ0v) is 9.89. The van der Waals surface area contributed by atoms with Crippen LogP contribution in [0.25, 0.3) is 11.6 Å². The Morgan fingerprint density at radius 1 is 1.00 bits per heavy atom. The molecule has 0 aliphatic carbocycles. The summed E-state index contributed by atoms with van der Waals surface area (Å²) in [6.45, 7) is 0. The van der Waals surface area contributed by atoms with Gasteiger partial charge in [0.15, 0.2) is 0 Å². The SMILES string of the molecule is Oc1ccc(Cc2nc(-c3ncccn3)no2)cc1. The van der Waals surface area contributed by atoms with Crippen LogP contribution in [0.3, 0.4) is 0 Å². The first-order valence-corrected chi connectivity index (χ1v) is 5.69. The Balaban J connectivity index is 1.80. The fourth-order valence-corrected chi connectivity index (χ4v) is 1.62. The summed E-state index contributed by atoms with van der Waals surface area (Å²) in [7, 11) is 0. The van der Waals surface area contributed by atoms with Crippen molar-refractivity contribution in [1.29, 1.82) is 0 Å². The summed E-state index contributed by atoms with van der Waals surface area (Å²) in [5.74, 6) is 1.51. The third-order valence-electron chi connectivity index (χ3n) is 2.53. The van der Waals surface area contributed by atoms with E-state index in [1.807, 2.05) is 0 Å². The maximum Gasteiger partial charge on any atom is 0.240 e. The molecule has 6 nitrogen and oxygen atoms in total. The van der Waals surface area contributed by atoms with Crippen molar-refractivity contribution in [2.45, 2.75) is 6.42 Å². The molecule has 94 valence electrons. The number of aromatic hydroxyl groups is 1. The first-order valence-electron chi connectivity index (χ1n) is 5.69. The zero-order chi connectivity index (χ0) is 13.1. The third-order valence-corrected chi connectivity index (χ3v) is 2.53. The van der Waals surface area contributed by atoms with Crippen molar-refractivity contribution in [3.63, 3.8) is 0 Å². The van der Waals surface area contributed by atoms with Gasteiger partial charge in [-0.05, 0) is 23.8 Å². The minimum atomic E-state index is 0.229. The van der Waals surface area contributed by atoms with E-state index in [-0.39, 0.29) is 5.75 Å². The average Bonchev–Trinajstić information content (AvgIpc) is 2.91. The Kier molecular flexibility index (Phi) is 2.89. The number of rotatable bonds is 3. The molecule has 0 aliphatic heterocycles. The maximum atomic E-state index is 9.21. The fourth-order valence-electron chi connectivity index (χ4n) is 1.62. The summed E-state index contributed by atoms with van der Waals surface area (Å²) >= 11 is 0. The maximum absolute atomic E-state index is 9.21. The highest BCUT2D eigenvalue weighted by Crippen LogP contribution is 2.15. The van der Waals surface area contributed by atoms with E-state index in [0.717, 1.165) is 5.56 Å². The Bertz CT molecular complexity index is 665. The highest BCUT2D eigenvalue weighted by molar-refractivity contribution is 5.40. The standard InChI is InChI=1S/C13H10N4O2/c18-10-4-2-9(3-5-10)8-11-16-13(17-19-11)12-14-6-1-7-15-12/h1-7,18H,8H2. The molecule has 1 aromatic carbocycles. The zero-order valence-electron chi connectivity index (χ0n) is 9.89. The van der Waals surface area contributed by atoms with Crippen LogP contribution in [0.15, 0.2) is 47.2 Å². The molecular formula is C13H10N4O2. The lowest BCUT2D eigenvalue weighted by molar-refractivity contribution is 0.385. The monoisotopic (exact) mass is 254 g/mol. The van der Waals surface area contributed by atoms with Gasteiger partial charge in [0.05, 0.1) is 6.42 Å². The highest BCUT2D eigenvalue weighted by atomic mass is 16.5. The summed E-state index contributed by atoms with van der Waals surface area (Å²) in [6.07, 6.45) is 3.75. The van der Waals surface area contributed by atoms with Gasteiger partial charge in [0.2, 0.25) is 17.5 Å². The number of phenolic OH excluding ortho intramolecular Hbond substituents is 1. The molecule has 0 unspecified atom stereocenters. The first-order chi connectivity index (χ1) is 9.31. The lowest BCUT2D eigenvalue weighted by atomic mass is 10.1. The number of phenols is 1. The van der Waals surface area contributed by atoms with E-state index in [0.29, 0.717) is 24.0 Å². The van der Waals surface area contributed by atoms with E-state index in [9.17, 15) is 5.11 Å². The Hall–Kier alpha value is -2.76. The predicted molar refractivity (Wildman–Crippen MR) is 66.2 cm³/mol. The van der Waals surface area contributed by atoms with Gasteiger partial charge < -0.3 is 9.63 Å². The van der Waals surface area contributed by atoms with E-state index >= 15 is 0 Å². The quantitative estimate of drug-likeness (QED) is 0.767. The average molecular weight is 254 g/mol. The molecule has 0 amide bonds. The molecule has 2 heterocycles. The van der Waals surface area contributed by atoms with Gasteiger partial charge in [-0.25, -0.2) is 9.97 Å². The van der Waals surface area contributed by atoms with Crippen LogP contribution in [0.2, 0.25) is 0 Å². The smallest absolute Gasteiger partial charge is 0.240 e. The molecule has 6 heteroatoms. The lowest BCUT2D eigenvalue weighted by Gasteiger charge is -1.96. The van der Waals surface area contributed by atoms with Crippen molar-refractivity contribution in [2.24, 2.45) is 0 Å². The molecule has 0 saturated carbocycles. The topological polar surface area (TPSA) is 84.9 Å². The van der Waals surface area contributed by atoms with Crippen LogP contribution in [0, 0.1) is 0 Å². The Labute approximate surface area is 108 Å². The van der Waals surface area contributed by atoms with Gasteiger partial charge in [-0.2, -0.15) is 4.98 Å². The molecular weight excluding hydrogens is 244 g/mol. The van der Waals surface area contributed by atoms with Crippen molar-refractivity contribution in [3.8, 4) is 17.4 Å². The summed E-state index contributed by atoms with van der Waals surface area (Å²) in [6, 6.07) is 8.57. The largest absolute Gasteiger partial charge is 0.508 e. The number of hydrogen-bond acceptors (Lipinski definition) is 6. The molecule has 19 heavy (non-hydrogen) atoms. The normalized spacial score (nSPS) is 10.5. The summed E-state index contributed by atoms with van der Waals surface area (Å²) in [5, 5.41) is 13.0. The third kappa shape index (κ3) is 2.57. The van der Waals surface area contributed by atoms with E-state index in [1.165, 1.54) is 0 Å². The minimum absolute atomic E-state index is 0.229. The van der Waals surface area contributed by atoms with Crippen molar-refractivity contribution in [2.75, 3.05) is 0 Å². The van der Waals surface area contributed by atoms with Gasteiger partial charge in [0.25, 0.3) is 0 Å². The number of benzene rings is 1. The van der Waals surface area contributed by atoms with Gasteiger partial charge in [-0.3, -0.25) is 0 Å². The number of aromatic nitrogens is 4. The van der Waals surface area contributed by atoms with Crippen molar-refractivity contribution < 1.29 is 9.63 Å². The number of nitrogens with zero attached hydrogens (tertiary/aromatic N) is 4. The first kappa shape index (κ1) is 11.3. The second-order valence-electron chi connectivity index (χ2n) is 3.93. The molecule has 0 aliphatic rings. The molecule has 3 rings (SSSR count). The van der Waals surface area contributed by atoms with Gasteiger partial charge in [0, 0.05) is 12.4 Å². The summed E-state index contributed by atoms with van der Waals surface area (Å²) in [5.41, 5.74) is 0.974. The van der Waals surface area contributed by atoms with Gasteiger partial charge in [-0.1, -0.05) is 17.3 Å². The Morgan fingerprint density at radius 2 is 1.74 bits per heavy atom.